The monoisotopic (exact) mass is 489 g/mol. The highest BCUT2D eigenvalue weighted by Gasteiger charge is 2.29. The average Bonchev–Trinajstić information content (AvgIpc) is 3.04. The lowest BCUT2D eigenvalue weighted by molar-refractivity contribution is 0.0526. The molecule has 6 nitrogen and oxygen atoms in total. The van der Waals surface area contributed by atoms with Crippen LogP contribution in [0.5, 0.6) is 0 Å². The quantitative estimate of drug-likeness (QED) is 0.403. The van der Waals surface area contributed by atoms with Gasteiger partial charge >= 0.3 is 11.6 Å². The first-order valence-corrected chi connectivity index (χ1v) is 11.3. The lowest BCUT2D eigenvalue weighted by Crippen LogP contribution is -2.21. The summed E-state index contributed by atoms with van der Waals surface area (Å²) in [5, 5.41) is 3.81. The molecule has 4 rings (SSSR count). The van der Waals surface area contributed by atoms with Crippen molar-refractivity contribution in [1.29, 1.82) is 0 Å². The predicted octanol–water partition coefficient (Wildman–Crippen LogP) is 5.17. The van der Waals surface area contributed by atoms with Gasteiger partial charge in [0.05, 0.1) is 12.2 Å². The van der Waals surface area contributed by atoms with Gasteiger partial charge in [-0.15, -0.1) is 11.3 Å². The van der Waals surface area contributed by atoms with E-state index in [0.29, 0.717) is 27.5 Å². The van der Waals surface area contributed by atoms with Gasteiger partial charge in [-0.05, 0) is 61.9 Å². The largest absolute Gasteiger partial charge is 0.462 e. The minimum absolute atomic E-state index is 0.116. The SMILES string of the molecule is CCOC(=O)c1c(NC(=O)c2cc3cc(Br)ccc3oc2=O)sc2c1CC[C@H](C)C2. The minimum atomic E-state index is -0.727. The normalized spacial score (nSPS) is 15.6. The number of anilines is 1. The van der Waals surface area contributed by atoms with Crippen molar-refractivity contribution in [3.05, 3.63) is 60.7 Å². The molecule has 0 aliphatic heterocycles. The number of halogens is 1. The number of carbonyl (C=O) groups excluding carboxylic acids is 2. The van der Waals surface area contributed by atoms with E-state index in [0.717, 1.165) is 34.2 Å². The van der Waals surface area contributed by atoms with E-state index in [1.54, 1.807) is 25.1 Å². The fraction of sp³-hybridized carbons (Fsp3) is 0.318. The number of thiophene rings is 1. The number of carbonyl (C=O) groups is 2. The summed E-state index contributed by atoms with van der Waals surface area (Å²) in [6.07, 6.45) is 2.60. The summed E-state index contributed by atoms with van der Waals surface area (Å²) in [7, 11) is 0. The highest BCUT2D eigenvalue weighted by molar-refractivity contribution is 9.10. The Kier molecular flexibility index (Phi) is 5.79. The first-order chi connectivity index (χ1) is 14.4. The topological polar surface area (TPSA) is 85.6 Å². The molecule has 3 aromatic rings. The Morgan fingerprint density at radius 3 is 2.90 bits per heavy atom. The van der Waals surface area contributed by atoms with Crippen molar-refractivity contribution in [2.45, 2.75) is 33.1 Å². The van der Waals surface area contributed by atoms with Gasteiger partial charge in [0.2, 0.25) is 0 Å². The van der Waals surface area contributed by atoms with E-state index in [1.165, 1.54) is 17.4 Å². The van der Waals surface area contributed by atoms with Crippen LogP contribution in [0.25, 0.3) is 11.0 Å². The molecule has 156 valence electrons. The van der Waals surface area contributed by atoms with Crippen LogP contribution in [0.2, 0.25) is 0 Å². The maximum Gasteiger partial charge on any atom is 0.349 e. The molecule has 0 fully saturated rings. The molecular weight excluding hydrogens is 470 g/mol. The van der Waals surface area contributed by atoms with Crippen LogP contribution in [0.3, 0.4) is 0 Å². The lowest BCUT2D eigenvalue weighted by Gasteiger charge is -2.18. The number of nitrogens with one attached hydrogen (secondary N) is 1. The standard InChI is InChI=1S/C22H20BrNO5S/c1-3-28-22(27)18-14-6-4-11(2)8-17(14)30-20(18)24-19(25)15-10-12-9-13(23)5-7-16(12)29-21(15)26/h5,7,9-11H,3-4,6,8H2,1-2H3,(H,24,25)/t11-/m0/s1. The van der Waals surface area contributed by atoms with Crippen LogP contribution in [-0.4, -0.2) is 18.5 Å². The van der Waals surface area contributed by atoms with Gasteiger partial charge in [-0.2, -0.15) is 0 Å². The fourth-order valence-electron chi connectivity index (χ4n) is 3.68. The number of esters is 1. The zero-order chi connectivity index (χ0) is 21.4. The summed E-state index contributed by atoms with van der Waals surface area (Å²) in [6, 6.07) is 6.69. The Hall–Kier alpha value is -2.45. The van der Waals surface area contributed by atoms with Crippen LogP contribution >= 0.6 is 27.3 Å². The smallest absolute Gasteiger partial charge is 0.349 e. The van der Waals surface area contributed by atoms with Crippen LogP contribution in [-0.2, 0) is 17.6 Å². The van der Waals surface area contributed by atoms with E-state index in [4.69, 9.17) is 9.15 Å². The van der Waals surface area contributed by atoms with Gasteiger partial charge in [-0.1, -0.05) is 22.9 Å². The van der Waals surface area contributed by atoms with Gasteiger partial charge in [-0.3, -0.25) is 4.79 Å². The summed E-state index contributed by atoms with van der Waals surface area (Å²) in [5.74, 6) is -0.544. The number of ether oxygens (including phenoxy) is 1. The van der Waals surface area contributed by atoms with E-state index < -0.39 is 17.5 Å². The summed E-state index contributed by atoms with van der Waals surface area (Å²) in [6.45, 7) is 4.16. The first kappa shape index (κ1) is 20.8. The van der Waals surface area contributed by atoms with Crippen molar-refractivity contribution in [3.8, 4) is 0 Å². The highest BCUT2D eigenvalue weighted by Crippen LogP contribution is 2.40. The van der Waals surface area contributed by atoms with Crippen molar-refractivity contribution in [2.75, 3.05) is 11.9 Å². The molecule has 1 aromatic carbocycles. The van der Waals surface area contributed by atoms with Gasteiger partial charge in [0.15, 0.2) is 0 Å². The second-order valence-corrected chi connectivity index (χ2v) is 9.38. The number of fused-ring (bicyclic) bond motifs is 2. The van der Waals surface area contributed by atoms with Crippen LogP contribution in [0.15, 0.2) is 37.9 Å². The van der Waals surface area contributed by atoms with Crippen molar-refractivity contribution >= 4 is 55.1 Å². The van der Waals surface area contributed by atoms with Crippen LogP contribution < -0.4 is 10.9 Å². The molecule has 1 aliphatic carbocycles. The zero-order valence-electron chi connectivity index (χ0n) is 16.5. The van der Waals surface area contributed by atoms with Crippen molar-refractivity contribution < 1.29 is 18.7 Å². The van der Waals surface area contributed by atoms with Crippen molar-refractivity contribution in [1.82, 2.24) is 0 Å². The molecule has 2 heterocycles. The Balaban J connectivity index is 1.73. The molecular formula is C22H20BrNO5S. The molecule has 1 N–H and O–H groups in total. The first-order valence-electron chi connectivity index (χ1n) is 9.73. The maximum atomic E-state index is 12.9. The second kappa shape index (κ2) is 8.35. The minimum Gasteiger partial charge on any atom is -0.462 e. The van der Waals surface area contributed by atoms with E-state index in [2.05, 4.69) is 28.2 Å². The van der Waals surface area contributed by atoms with Crippen molar-refractivity contribution in [3.63, 3.8) is 0 Å². The number of benzene rings is 1. The van der Waals surface area contributed by atoms with E-state index in [-0.39, 0.29) is 12.2 Å². The molecule has 2 aromatic heterocycles. The molecule has 0 bridgehead atoms. The van der Waals surface area contributed by atoms with E-state index in [1.807, 2.05) is 0 Å². The third-order valence-electron chi connectivity index (χ3n) is 5.16. The molecule has 1 amide bonds. The van der Waals surface area contributed by atoms with Gasteiger partial charge in [-0.25, -0.2) is 9.59 Å². The fourth-order valence-corrected chi connectivity index (χ4v) is 5.45. The summed E-state index contributed by atoms with van der Waals surface area (Å²) in [4.78, 5) is 39.0. The molecule has 1 atom stereocenters. The van der Waals surface area contributed by atoms with Gasteiger partial charge < -0.3 is 14.5 Å². The number of rotatable bonds is 4. The average molecular weight is 490 g/mol. The van der Waals surface area contributed by atoms with Crippen molar-refractivity contribution in [2.24, 2.45) is 5.92 Å². The maximum absolute atomic E-state index is 12.9. The third-order valence-corrected chi connectivity index (χ3v) is 6.82. The summed E-state index contributed by atoms with van der Waals surface area (Å²) in [5.41, 5.74) is 0.906. The predicted molar refractivity (Wildman–Crippen MR) is 120 cm³/mol. The lowest BCUT2D eigenvalue weighted by atomic mass is 9.88. The molecule has 0 radical (unpaired) electrons. The molecule has 1 aliphatic rings. The van der Waals surface area contributed by atoms with E-state index >= 15 is 0 Å². The van der Waals surface area contributed by atoms with Gasteiger partial charge in [0.1, 0.15) is 16.1 Å². The molecule has 0 saturated heterocycles. The van der Waals surface area contributed by atoms with Gasteiger partial charge in [0, 0.05) is 14.7 Å². The van der Waals surface area contributed by atoms with E-state index in [9.17, 15) is 14.4 Å². The number of hydrogen-bond acceptors (Lipinski definition) is 6. The summed E-state index contributed by atoms with van der Waals surface area (Å²) >= 11 is 4.76. The number of amides is 1. The molecule has 0 saturated carbocycles. The second-order valence-electron chi connectivity index (χ2n) is 7.36. The van der Waals surface area contributed by atoms with Crippen LogP contribution in [0, 0.1) is 5.92 Å². The Labute approximate surface area is 185 Å². The molecule has 8 heteroatoms. The molecule has 0 unspecified atom stereocenters. The van der Waals surface area contributed by atoms with Crippen LogP contribution in [0.1, 0.15) is 51.4 Å². The Bertz CT molecular complexity index is 1210. The van der Waals surface area contributed by atoms with Gasteiger partial charge in [0.25, 0.3) is 5.91 Å². The molecule has 0 spiro atoms. The molecule has 30 heavy (non-hydrogen) atoms. The summed E-state index contributed by atoms with van der Waals surface area (Å²) < 4.78 is 11.3. The third kappa shape index (κ3) is 3.94. The highest BCUT2D eigenvalue weighted by atomic mass is 79.9. The Morgan fingerprint density at radius 1 is 1.33 bits per heavy atom. The zero-order valence-corrected chi connectivity index (χ0v) is 18.9. The number of hydrogen-bond donors (Lipinski definition) is 1. The van der Waals surface area contributed by atoms with Crippen LogP contribution in [0.4, 0.5) is 5.00 Å². The Morgan fingerprint density at radius 2 is 2.13 bits per heavy atom.